The van der Waals surface area contributed by atoms with Gasteiger partial charge in [-0.2, -0.15) is 0 Å². The Morgan fingerprint density at radius 3 is 2.44 bits per heavy atom. The molecule has 0 aliphatic carbocycles. The Morgan fingerprint density at radius 1 is 1.04 bits per heavy atom. The van der Waals surface area contributed by atoms with Gasteiger partial charge in [-0.1, -0.05) is 24.3 Å². The summed E-state index contributed by atoms with van der Waals surface area (Å²) in [6, 6.07) is 18.0. The zero-order chi connectivity index (χ0) is 18.8. The highest BCUT2D eigenvalue weighted by molar-refractivity contribution is 6.13. The van der Waals surface area contributed by atoms with Gasteiger partial charge >= 0.3 is 0 Å². The molecule has 6 heteroatoms. The molecule has 1 atom stereocenters. The van der Waals surface area contributed by atoms with Crippen LogP contribution < -0.4 is 20.7 Å². The molecule has 0 fully saturated rings. The number of hydrogen-bond donors (Lipinski definition) is 3. The first kappa shape index (κ1) is 16.9. The minimum atomic E-state index is -0.666. The molecule has 0 saturated carbocycles. The van der Waals surface area contributed by atoms with Crippen LogP contribution in [0.3, 0.4) is 0 Å². The van der Waals surface area contributed by atoms with Gasteiger partial charge in [0.25, 0.3) is 0 Å². The Labute approximate surface area is 156 Å². The fraction of sp³-hybridized carbons (Fsp3) is 0.143. The number of rotatable bonds is 4. The van der Waals surface area contributed by atoms with Gasteiger partial charge in [-0.05, 0) is 41.8 Å². The molecule has 0 saturated heterocycles. The van der Waals surface area contributed by atoms with Crippen molar-refractivity contribution in [3.63, 3.8) is 0 Å². The molecule has 27 heavy (non-hydrogen) atoms. The van der Waals surface area contributed by atoms with Crippen molar-refractivity contribution in [1.82, 2.24) is 0 Å². The number of nitrogens with one attached hydrogen (secondary N) is 3. The molecule has 1 heterocycles. The lowest BCUT2D eigenvalue weighted by Gasteiger charge is -2.16. The Morgan fingerprint density at radius 2 is 1.74 bits per heavy atom. The zero-order valence-corrected chi connectivity index (χ0v) is 14.8. The van der Waals surface area contributed by atoms with E-state index in [-0.39, 0.29) is 18.2 Å². The lowest BCUT2D eigenvalue weighted by Crippen LogP contribution is -2.36. The molecule has 4 rings (SSSR count). The smallest absolute Gasteiger partial charge is 0.247 e. The molecule has 1 aliphatic rings. The van der Waals surface area contributed by atoms with Crippen LogP contribution in [0.15, 0.2) is 60.7 Å². The zero-order valence-electron chi connectivity index (χ0n) is 14.8. The highest BCUT2D eigenvalue weighted by Gasteiger charge is 2.26. The first-order chi connectivity index (χ1) is 13.1. The van der Waals surface area contributed by atoms with Crippen molar-refractivity contribution >= 4 is 39.6 Å². The highest BCUT2D eigenvalue weighted by atomic mass is 16.5. The van der Waals surface area contributed by atoms with Crippen molar-refractivity contribution in [3.8, 4) is 5.75 Å². The second-order valence-corrected chi connectivity index (χ2v) is 6.38. The van der Waals surface area contributed by atoms with Crippen molar-refractivity contribution in [2.75, 3.05) is 23.1 Å². The number of anilines is 3. The lowest BCUT2D eigenvalue weighted by atomic mass is 10.1. The van der Waals surface area contributed by atoms with E-state index in [9.17, 15) is 9.59 Å². The maximum atomic E-state index is 12.6. The summed E-state index contributed by atoms with van der Waals surface area (Å²) in [5.74, 6) is 0.234. The van der Waals surface area contributed by atoms with Crippen molar-refractivity contribution < 1.29 is 14.3 Å². The van der Waals surface area contributed by atoms with E-state index in [0.29, 0.717) is 11.4 Å². The second kappa shape index (κ2) is 6.99. The van der Waals surface area contributed by atoms with Gasteiger partial charge in [-0.3, -0.25) is 9.59 Å². The molecule has 0 aromatic heterocycles. The van der Waals surface area contributed by atoms with Crippen LogP contribution in [0.25, 0.3) is 10.8 Å². The number of carbonyl (C=O) groups excluding carboxylic acids is 2. The Hall–Kier alpha value is -3.54. The fourth-order valence-corrected chi connectivity index (χ4v) is 3.25. The highest BCUT2D eigenvalue weighted by Crippen LogP contribution is 2.33. The summed E-state index contributed by atoms with van der Waals surface area (Å²) in [7, 11) is 1.59. The molecule has 136 valence electrons. The van der Waals surface area contributed by atoms with Crippen LogP contribution in [0.5, 0.6) is 5.75 Å². The third-order valence-electron chi connectivity index (χ3n) is 4.57. The average Bonchev–Trinajstić information content (AvgIpc) is 2.81. The van der Waals surface area contributed by atoms with Crippen LogP contribution in [0.2, 0.25) is 0 Å². The van der Waals surface area contributed by atoms with Crippen LogP contribution in [-0.2, 0) is 9.59 Å². The largest absolute Gasteiger partial charge is 0.497 e. The number of hydrogen-bond acceptors (Lipinski definition) is 4. The normalized spacial score (nSPS) is 15.4. The molecule has 3 aromatic carbocycles. The third-order valence-corrected chi connectivity index (χ3v) is 4.57. The predicted molar refractivity (Wildman–Crippen MR) is 106 cm³/mol. The summed E-state index contributed by atoms with van der Waals surface area (Å²) in [6.07, 6.45) is 0.0161. The monoisotopic (exact) mass is 361 g/mol. The maximum Gasteiger partial charge on any atom is 0.247 e. The summed E-state index contributed by atoms with van der Waals surface area (Å²) in [6.45, 7) is 0. The molecular weight excluding hydrogens is 342 g/mol. The maximum absolute atomic E-state index is 12.6. The molecule has 0 bridgehead atoms. The van der Waals surface area contributed by atoms with E-state index < -0.39 is 6.04 Å². The number of benzene rings is 3. The van der Waals surface area contributed by atoms with Gasteiger partial charge in [0.05, 0.1) is 19.2 Å². The van der Waals surface area contributed by atoms with Gasteiger partial charge < -0.3 is 20.7 Å². The third kappa shape index (κ3) is 3.42. The van der Waals surface area contributed by atoms with Gasteiger partial charge in [0.2, 0.25) is 11.8 Å². The fourth-order valence-electron chi connectivity index (χ4n) is 3.25. The lowest BCUT2D eigenvalue weighted by molar-refractivity contribution is -0.121. The second-order valence-electron chi connectivity index (χ2n) is 6.38. The number of methoxy groups -OCH3 is 1. The summed E-state index contributed by atoms with van der Waals surface area (Å²) in [4.78, 5) is 25.1. The van der Waals surface area contributed by atoms with E-state index in [1.807, 2.05) is 36.4 Å². The van der Waals surface area contributed by atoms with E-state index in [0.717, 1.165) is 22.1 Å². The van der Waals surface area contributed by atoms with Crippen LogP contribution >= 0.6 is 0 Å². The standard InChI is InChI=1S/C21H19N3O3/c1-27-15-10-8-14(9-11-15)22-19(25)12-18-21(26)24-17-7-3-5-13-4-2-6-16(23-18)20(13)17/h2-11,18,23H,12H2,1H3,(H,22,25)(H,24,26)/t18-/m0/s1. The molecule has 0 spiro atoms. The minimum absolute atomic E-state index is 0.0161. The van der Waals surface area contributed by atoms with E-state index in [2.05, 4.69) is 16.0 Å². The number of amides is 2. The van der Waals surface area contributed by atoms with Crippen molar-refractivity contribution in [2.24, 2.45) is 0 Å². The molecule has 3 aromatic rings. The van der Waals surface area contributed by atoms with Crippen LogP contribution in [-0.4, -0.2) is 25.0 Å². The molecule has 0 radical (unpaired) electrons. The van der Waals surface area contributed by atoms with Gasteiger partial charge in [0.1, 0.15) is 11.8 Å². The van der Waals surface area contributed by atoms with Gasteiger partial charge in [0.15, 0.2) is 0 Å². The summed E-state index contributed by atoms with van der Waals surface area (Å²) < 4.78 is 5.11. The van der Waals surface area contributed by atoms with Gasteiger partial charge in [0, 0.05) is 16.8 Å². The molecule has 2 amide bonds. The molecule has 0 unspecified atom stereocenters. The van der Waals surface area contributed by atoms with E-state index in [1.54, 1.807) is 31.4 Å². The van der Waals surface area contributed by atoms with E-state index in [4.69, 9.17) is 4.74 Å². The van der Waals surface area contributed by atoms with E-state index >= 15 is 0 Å². The summed E-state index contributed by atoms with van der Waals surface area (Å²) in [5, 5.41) is 10.9. The average molecular weight is 361 g/mol. The van der Waals surface area contributed by atoms with Crippen molar-refractivity contribution in [1.29, 1.82) is 0 Å². The summed E-state index contributed by atoms with van der Waals surface area (Å²) in [5.41, 5.74) is 2.24. The topological polar surface area (TPSA) is 79.5 Å². The molecule has 3 N–H and O–H groups in total. The first-order valence-electron chi connectivity index (χ1n) is 8.67. The Bertz CT molecular complexity index is 1010. The predicted octanol–water partition coefficient (Wildman–Crippen LogP) is 3.61. The molecular formula is C21H19N3O3. The Kier molecular flexibility index (Phi) is 4.38. The number of carbonyl (C=O) groups is 2. The van der Waals surface area contributed by atoms with Gasteiger partial charge in [-0.25, -0.2) is 0 Å². The summed E-state index contributed by atoms with van der Waals surface area (Å²) >= 11 is 0. The van der Waals surface area contributed by atoms with E-state index in [1.165, 1.54) is 0 Å². The molecule has 6 nitrogen and oxygen atoms in total. The van der Waals surface area contributed by atoms with Crippen LogP contribution in [0.4, 0.5) is 17.1 Å². The van der Waals surface area contributed by atoms with Crippen molar-refractivity contribution in [3.05, 3.63) is 60.7 Å². The van der Waals surface area contributed by atoms with Crippen molar-refractivity contribution in [2.45, 2.75) is 12.5 Å². The molecule has 1 aliphatic heterocycles. The SMILES string of the molecule is COc1ccc(NC(=O)C[C@@H]2Nc3cccc4cccc(c34)NC2=O)cc1. The van der Waals surface area contributed by atoms with Crippen LogP contribution in [0.1, 0.15) is 6.42 Å². The minimum Gasteiger partial charge on any atom is -0.497 e. The Balaban J connectivity index is 1.52. The first-order valence-corrected chi connectivity index (χ1v) is 8.67. The number of ether oxygens (including phenoxy) is 1. The van der Waals surface area contributed by atoms with Gasteiger partial charge in [-0.15, -0.1) is 0 Å². The van der Waals surface area contributed by atoms with Crippen LogP contribution in [0, 0.1) is 0 Å². The quantitative estimate of drug-likeness (QED) is 0.663.